The molecule has 6 nitrogen and oxygen atoms in total. The lowest BCUT2D eigenvalue weighted by Gasteiger charge is -2.32. The zero-order valence-electron chi connectivity index (χ0n) is 7.01. The summed E-state index contributed by atoms with van der Waals surface area (Å²) in [6.07, 6.45) is -0.679. The van der Waals surface area contributed by atoms with Gasteiger partial charge in [0.05, 0.1) is 5.92 Å². The Morgan fingerprint density at radius 3 is 2.46 bits per heavy atom. The standard InChI is InChI=1S/C7H12N2O4/c8-5-1-2-9(7(12)13)3-4(5)6(10)11/h4-5H,1-3,8H2,(H,10,11)(H,12,13)/t4-,5+/m0/s1. The van der Waals surface area contributed by atoms with E-state index in [2.05, 4.69) is 0 Å². The van der Waals surface area contributed by atoms with E-state index in [1.165, 1.54) is 0 Å². The van der Waals surface area contributed by atoms with Crippen molar-refractivity contribution in [3.63, 3.8) is 0 Å². The number of carboxylic acids is 1. The molecule has 1 heterocycles. The van der Waals surface area contributed by atoms with E-state index in [0.717, 1.165) is 4.90 Å². The number of nitrogens with zero attached hydrogens (tertiary/aromatic N) is 1. The summed E-state index contributed by atoms with van der Waals surface area (Å²) in [5.41, 5.74) is 5.54. The van der Waals surface area contributed by atoms with Crippen LogP contribution in [-0.4, -0.2) is 46.3 Å². The average molecular weight is 188 g/mol. The van der Waals surface area contributed by atoms with Gasteiger partial charge in [0.1, 0.15) is 0 Å². The summed E-state index contributed by atoms with van der Waals surface area (Å²) in [6.45, 7) is 0.312. The van der Waals surface area contributed by atoms with E-state index in [1.54, 1.807) is 0 Å². The molecule has 6 heteroatoms. The van der Waals surface area contributed by atoms with Gasteiger partial charge in [0.25, 0.3) is 0 Å². The molecule has 1 aliphatic heterocycles. The highest BCUT2D eigenvalue weighted by atomic mass is 16.4. The smallest absolute Gasteiger partial charge is 0.407 e. The van der Waals surface area contributed by atoms with E-state index in [1.807, 2.05) is 0 Å². The van der Waals surface area contributed by atoms with Crippen LogP contribution in [0.1, 0.15) is 6.42 Å². The van der Waals surface area contributed by atoms with E-state index in [4.69, 9.17) is 15.9 Å². The third kappa shape index (κ3) is 2.09. The molecule has 0 saturated carbocycles. The molecule has 0 aromatic rings. The van der Waals surface area contributed by atoms with Crippen molar-refractivity contribution in [2.45, 2.75) is 12.5 Å². The summed E-state index contributed by atoms with van der Waals surface area (Å²) >= 11 is 0. The number of aliphatic carboxylic acids is 1. The fraction of sp³-hybridized carbons (Fsp3) is 0.714. The zero-order valence-corrected chi connectivity index (χ0v) is 7.01. The largest absolute Gasteiger partial charge is 0.481 e. The van der Waals surface area contributed by atoms with Crippen LogP contribution in [0.15, 0.2) is 0 Å². The maximum Gasteiger partial charge on any atom is 0.407 e. The Hall–Kier alpha value is -1.30. The summed E-state index contributed by atoms with van der Waals surface area (Å²) < 4.78 is 0. The third-order valence-corrected chi connectivity index (χ3v) is 2.25. The van der Waals surface area contributed by atoms with Crippen LogP contribution in [0.5, 0.6) is 0 Å². The lowest BCUT2D eigenvalue weighted by Crippen LogP contribution is -2.51. The fourth-order valence-corrected chi connectivity index (χ4v) is 1.41. The minimum Gasteiger partial charge on any atom is -0.481 e. The van der Waals surface area contributed by atoms with Gasteiger partial charge < -0.3 is 20.8 Å². The maximum atomic E-state index is 10.6. The van der Waals surface area contributed by atoms with Crippen LogP contribution in [0, 0.1) is 5.92 Å². The highest BCUT2D eigenvalue weighted by molar-refractivity contribution is 5.73. The molecule has 1 fully saturated rings. The first-order valence-electron chi connectivity index (χ1n) is 3.98. The number of likely N-dealkylation sites (tertiary alicyclic amines) is 1. The monoisotopic (exact) mass is 188 g/mol. The molecule has 74 valence electrons. The molecule has 1 aliphatic rings. The van der Waals surface area contributed by atoms with Gasteiger partial charge in [-0.2, -0.15) is 0 Å². The second kappa shape index (κ2) is 3.61. The molecule has 1 amide bonds. The van der Waals surface area contributed by atoms with Crippen molar-refractivity contribution >= 4 is 12.1 Å². The summed E-state index contributed by atoms with van der Waals surface area (Å²) in [6, 6.07) is -0.437. The van der Waals surface area contributed by atoms with Gasteiger partial charge in [-0.15, -0.1) is 0 Å². The molecule has 13 heavy (non-hydrogen) atoms. The number of amides is 1. The van der Waals surface area contributed by atoms with Crippen molar-refractivity contribution in [1.82, 2.24) is 4.90 Å². The average Bonchev–Trinajstić information content (AvgIpc) is 2.04. The number of hydrogen-bond donors (Lipinski definition) is 3. The van der Waals surface area contributed by atoms with Crippen LogP contribution >= 0.6 is 0 Å². The summed E-state index contributed by atoms with van der Waals surface area (Å²) in [5, 5.41) is 17.3. The van der Waals surface area contributed by atoms with Crippen LogP contribution in [0.25, 0.3) is 0 Å². The Kier molecular flexibility index (Phi) is 2.72. The normalized spacial score (nSPS) is 28.5. The molecule has 0 unspecified atom stereocenters. The molecule has 0 bridgehead atoms. The van der Waals surface area contributed by atoms with Crippen molar-refractivity contribution < 1.29 is 19.8 Å². The maximum absolute atomic E-state index is 10.6. The van der Waals surface area contributed by atoms with E-state index >= 15 is 0 Å². The molecular formula is C7H12N2O4. The first-order chi connectivity index (χ1) is 6.02. The Bertz CT molecular complexity index is 231. The van der Waals surface area contributed by atoms with Gasteiger partial charge in [0.15, 0.2) is 0 Å². The summed E-state index contributed by atoms with van der Waals surface area (Å²) in [4.78, 5) is 22.2. The van der Waals surface area contributed by atoms with Gasteiger partial charge in [0.2, 0.25) is 0 Å². The second-order valence-electron chi connectivity index (χ2n) is 3.13. The van der Waals surface area contributed by atoms with Crippen molar-refractivity contribution in [2.24, 2.45) is 11.7 Å². The van der Waals surface area contributed by atoms with Gasteiger partial charge in [-0.1, -0.05) is 0 Å². The minimum atomic E-state index is -1.09. The quantitative estimate of drug-likeness (QED) is 0.509. The number of piperidine rings is 1. The first-order valence-corrected chi connectivity index (χ1v) is 3.98. The van der Waals surface area contributed by atoms with E-state index in [9.17, 15) is 9.59 Å². The lowest BCUT2D eigenvalue weighted by atomic mass is 9.93. The molecule has 0 radical (unpaired) electrons. The summed E-state index contributed by atoms with van der Waals surface area (Å²) in [5.74, 6) is -1.80. The number of carboxylic acid groups (broad SMARTS) is 2. The topological polar surface area (TPSA) is 104 Å². The van der Waals surface area contributed by atoms with Crippen molar-refractivity contribution in [2.75, 3.05) is 13.1 Å². The molecule has 0 aromatic carbocycles. The van der Waals surface area contributed by atoms with Gasteiger partial charge >= 0.3 is 12.1 Å². The van der Waals surface area contributed by atoms with Crippen LogP contribution in [0.3, 0.4) is 0 Å². The van der Waals surface area contributed by atoms with E-state index in [0.29, 0.717) is 13.0 Å². The number of rotatable bonds is 1. The fourth-order valence-electron chi connectivity index (χ4n) is 1.41. The van der Waals surface area contributed by atoms with Gasteiger partial charge in [-0.05, 0) is 6.42 Å². The van der Waals surface area contributed by atoms with E-state index in [-0.39, 0.29) is 6.54 Å². The second-order valence-corrected chi connectivity index (χ2v) is 3.13. The predicted octanol–water partition coefficient (Wildman–Crippen LogP) is -0.602. The lowest BCUT2D eigenvalue weighted by molar-refractivity contribution is -0.143. The number of hydrogen-bond acceptors (Lipinski definition) is 3. The highest BCUT2D eigenvalue weighted by Crippen LogP contribution is 2.15. The molecular weight excluding hydrogens is 176 g/mol. The highest BCUT2D eigenvalue weighted by Gasteiger charge is 2.33. The molecule has 0 aromatic heterocycles. The number of nitrogens with two attached hydrogens (primary N) is 1. The van der Waals surface area contributed by atoms with Crippen molar-refractivity contribution in [3.8, 4) is 0 Å². The Labute approximate surface area is 74.9 Å². The molecule has 2 atom stereocenters. The predicted molar refractivity (Wildman–Crippen MR) is 43.3 cm³/mol. The Balaban J connectivity index is 2.63. The van der Waals surface area contributed by atoms with Crippen LogP contribution < -0.4 is 5.73 Å². The van der Waals surface area contributed by atoms with Crippen LogP contribution in [0.2, 0.25) is 0 Å². The third-order valence-electron chi connectivity index (χ3n) is 2.25. The first kappa shape index (κ1) is 9.79. The van der Waals surface area contributed by atoms with Crippen molar-refractivity contribution in [3.05, 3.63) is 0 Å². The Morgan fingerprint density at radius 1 is 1.38 bits per heavy atom. The molecule has 1 saturated heterocycles. The molecule has 1 rings (SSSR count). The van der Waals surface area contributed by atoms with Crippen LogP contribution in [-0.2, 0) is 4.79 Å². The molecule has 0 spiro atoms. The van der Waals surface area contributed by atoms with Gasteiger partial charge in [0, 0.05) is 19.1 Å². The Morgan fingerprint density at radius 2 is 2.00 bits per heavy atom. The van der Waals surface area contributed by atoms with Gasteiger partial charge in [-0.3, -0.25) is 4.79 Å². The van der Waals surface area contributed by atoms with Crippen LogP contribution in [0.4, 0.5) is 4.79 Å². The number of carbonyl (C=O) groups is 2. The minimum absolute atomic E-state index is 0.00810. The van der Waals surface area contributed by atoms with E-state index < -0.39 is 24.0 Å². The van der Waals surface area contributed by atoms with Gasteiger partial charge in [-0.25, -0.2) is 4.79 Å². The zero-order chi connectivity index (χ0) is 10.0. The van der Waals surface area contributed by atoms with Crippen molar-refractivity contribution in [1.29, 1.82) is 0 Å². The molecule has 0 aliphatic carbocycles. The molecule has 4 N–H and O–H groups in total. The SMILES string of the molecule is N[C@@H]1CCN(C(=O)O)C[C@@H]1C(=O)O. The summed E-state index contributed by atoms with van der Waals surface area (Å²) in [7, 11) is 0.